The maximum atomic E-state index is 13.7. The number of carbonyl (C=O) groups is 2. The summed E-state index contributed by atoms with van der Waals surface area (Å²) in [5.74, 6) is -1.68. The molecule has 1 fully saturated rings. The zero-order valence-corrected chi connectivity index (χ0v) is 14.3. The van der Waals surface area contributed by atoms with Crippen molar-refractivity contribution < 1.29 is 14.0 Å². The summed E-state index contributed by atoms with van der Waals surface area (Å²) < 4.78 is 13.7. The van der Waals surface area contributed by atoms with E-state index in [-0.39, 0.29) is 28.9 Å². The minimum atomic E-state index is -0.686. The van der Waals surface area contributed by atoms with E-state index in [2.05, 4.69) is 15.5 Å². The van der Waals surface area contributed by atoms with Gasteiger partial charge >= 0.3 is 0 Å². The Balaban J connectivity index is 1.87. The first kappa shape index (κ1) is 18.0. The maximum absolute atomic E-state index is 13.7. The number of benzene rings is 1. The van der Waals surface area contributed by atoms with Gasteiger partial charge in [-0.1, -0.05) is 25.3 Å². The quantitative estimate of drug-likeness (QED) is 0.751. The van der Waals surface area contributed by atoms with Crippen molar-refractivity contribution in [3.63, 3.8) is 0 Å². The molecule has 0 aliphatic heterocycles. The minimum absolute atomic E-state index is 0.0104. The first-order valence-corrected chi connectivity index (χ1v) is 8.73. The van der Waals surface area contributed by atoms with Crippen LogP contribution in [0.1, 0.15) is 49.0 Å². The number of hydrogen-bond donors (Lipinski definition) is 3. The van der Waals surface area contributed by atoms with Gasteiger partial charge in [0.05, 0.1) is 5.39 Å². The highest BCUT2D eigenvalue weighted by Gasteiger charge is 2.28. The Morgan fingerprint density at radius 3 is 2.73 bits per heavy atom. The van der Waals surface area contributed by atoms with Gasteiger partial charge in [0.1, 0.15) is 11.3 Å². The third kappa shape index (κ3) is 3.74. The number of amides is 2. The van der Waals surface area contributed by atoms with E-state index < -0.39 is 29.1 Å². The van der Waals surface area contributed by atoms with Crippen LogP contribution in [0.5, 0.6) is 0 Å². The second-order valence-corrected chi connectivity index (χ2v) is 6.71. The lowest BCUT2D eigenvalue weighted by atomic mass is 9.82. The van der Waals surface area contributed by atoms with Gasteiger partial charge in [-0.2, -0.15) is 5.10 Å². The highest BCUT2D eigenvalue weighted by atomic mass is 19.1. The number of para-hydroxylation sites is 1. The molecule has 0 saturated heterocycles. The molecule has 1 aliphatic carbocycles. The molecule has 4 N–H and O–H groups in total. The molecule has 1 saturated carbocycles. The van der Waals surface area contributed by atoms with E-state index in [1.165, 1.54) is 18.2 Å². The molecular weight excluding hydrogens is 339 g/mol. The van der Waals surface area contributed by atoms with Crippen molar-refractivity contribution in [1.82, 2.24) is 15.5 Å². The van der Waals surface area contributed by atoms with Gasteiger partial charge in [0.2, 0.25) is 11.3 Å². The third-order valence-corrected chi connectivity index (χ3v) is 4.92. The number of aromatic amines is 1. The summed E-state index contributed by atoms with van der Waals surface area (Å²) in [5.41, 5.74) is 4.26. The van der Waals surface area contributed by atoms with Crippen LogP contribution < -0.4 is 16.5 Å². The van der Waals surface area contributed by atoms with E-state index >= 15 is 0 Å². The van der Waals surface area contributed by atoms with E-state index in [0.717, 1.165) is 32.1 Å². The average Bonchev–Trinajstić information content (AvgIpc) is 2.62. The van der Waals surface area contributed by atoms with Crippen LogP contribution in [0.2, 0.25) is 0 Å². The summed E-state index contributed by atoms with van der Waals surface area (Å²) in [6.07, 6.45) is 4.99. The molecule has 26 heavy (non-hydrogen) atoms. The van der Waals surface area contributed by atoms with Gasteiger partial charge in [0.25, 0.3) is 5.91 Å². The number of hydrogen-bond acceptors (Lipinski definition) is 4. The Morgan fingerprint density at radius 1 is 1.31 bits per heavy atom. The Labute approximate surface area is 149 Å². The SMILES string of the molecule is NC(=O)CC(NC(=O)c1n[nH]c2c(F)cccc2c1=O)C1CCCCC1. The summed E-state index contributed by atoms with van der Waals surface area (Å²) in [4.78, 5) is 36.5. The molecule has 1 atom stereocenters. The average molecular weight is 360 g/mol. The Hall–Kier alpha value is -2.77. The van der Waals surface area contributed by atoms with Gasteiger partial charge in [-0.3, -0.25) is 19.5 Å². The van der Waals surface area contributed by atoms with Crippen LogP contribution in [0.3, 0.4) is 0 Å². The van der Waals surface area contributed by atoms with Crippen molar-refractivity contribution in [3.8, 4) is 0 Å². The van der Waals surface area contributed by atoms with Gasteiger partial charge in [-0.25, -0.2) is 4.39 Å². The van der Waals surface area contributed by atoms with Crippen molar-refractivity contribution >= 4 is 22.7 Å². The van der Waals surface area contributed by atoms with Crippen molar-refractivity contribution in [2.24, 2.45) is 11.7 Å². The molecule has 0 radical (unpaired) electrons. The van der Waals surface area contributed by atoms with Gasteiger partial charge < -0.3 is 11.1 Å². The van der Waals surface area contributed by atoms with Crippen LogP contribution in [0, 0.1) is 11.7 Å². The first-order valence-electron chi connectivity index (χ1n) is 8.73. The van der Waals surface area contributed by atoms with Gasteiger partial charge in [0, 0.05) is 12.5 Å². The molecule has 1 aromatic carbocycles. The van der Waals surface area contributed by atoms with Crippen LogP contribution in [0.4, 0.5) is 4.39 Å². The molecule has 1 heterocycles. The molecule has 1 aliphatic rings. The predicted octanol–water partition coefficient (Wildman–Crippen LogP) is 1.62. The second kappa shape index (κ2) is 7.63. The number of nitrogens with two attached hydrogens (primary N) is 1. The summed E-state index contributed by atoms with van der Waals surface area (Å²) >= 11 is 0. The highest BCUT2D eigenvalue weighted by Crippen LogP contribution is 2.27. The smallest absolute Gasteiger partial charge is 0.276 e. The predicted molar refractivity (Wildman–Crippen MR) is 94.0 cm³/mol. The third-order valence-electron chi connectivity index (χ3n) is 4.92. The number of aromatic nitrogens is 2. The fraction of sp³-hybridized carbons (Fsp3) is 0.444. The van der Waals surface area contributed by atoms with Crippen LogP contribution in [0.15, 0.2) is 23.0 Å². The molecule has 7 nitrogen and oxygen atoms in total. The molecular formula is C18H21FN4O3. The van der Waals surface area contributed by atoms with Crippen LogP contribution >= 0.6 is 0 Å². The van der Waals surface area contributed by atoms with Crippen LogP contribution in [-0.4, -0.2) is 28.1 Å². The molecule has 0 spiro atoms. The zero-order valence-electron chi connectivity index (χ0n) is 14.3. The van der Waals surface area contributed by atoms with E-state index in [1.54, 1.807) is 0 Å². The Bertz CT molecular complexity index is 890. The lowest BCUT2D eigenvalue weighted by Crippen LogP contribution is -2.45. The molecule has 2 aromatic rings. The number of rotatable bonds is 5. The standard InChI is InChI=1S/C18H21FN4O3/c19-12-8-4-7-11-15(12)22-23-16(17(11)25)18(26)21-13(9-14(20)24)10-5-2-1-3-6-10/h4,7-8,10,13H,1-3,5-6,9H2,(H2,20,24)(H,21,26)(H,22,25). The topological polar surface area (TPSA) is 118 Å². The summed E-state index contributed by atoms with van der Waals surface area (Å²) in [6, 6.07) is 3.58. The van der Waals surface area contributed by atoms with E-state index in [0.29, 0.717) is 0 Å². The molecule has 1 unspecified atom stereocenters. The number of fused-ring (bicyclic) bond motifs is 1. The van der Waals surface area contributed by atoms with Crippen molar-refractivity contribution in [2.45, 2.75) is 44.6 Å². The minimum Gasteiger partial charge on any atom is -0.370 e. The van der Waals surface area contributed by atoms with E-state index in [9.17, 15) is 18.8 Å². The second-order valence-electron chi connectivity index (χ2n) is 6.71. The monoisotopic (exact) mass is 360 g/mol. The van der Waals surface area contributed by atoms with Crippen molar-refractivity contribution in [1.29, 1.82) is 0 Å². The van der Waals surface area contributed by atoms with Crippen molar-refractivity contribution in [2.75, 3.05) is 0 Å². The normalized spacial score (nSPS) is 16.3. The molecule has 138 valence electrons. The number of nitrogens with zero attached hydrogens (tertiary/aromatic N) is 1. The van der Waals surface area contributed by atoms with Gasteiger partial charge in [-0.05, 0) is 30.9 Å². The Kier molecular flexibility index (Phi) is 5.29. The fourth-order valence-corrected chi connectivity index (χ4v) is 3.60. The Morgan fingerprint density at radius 2 is 2.04 bits per heavy atom. The van der Waals surface area contributed by atoms with E-state index in [1.807, 2.05) is 0 Å². The van der Waals surface area contributed by atoms with Crippen LogP contribution in [0.25, 0.3) is 10.9 Å². The zero-order chi connectivity index (χ0) is 18.7. The number of halogens is 1. The first-order chi connectivity index (χ1) is 12.5. The van der Waals surface area contributed by atoms with Crippen LogP contribution in [-0.2, 0) is 4.79 Å². The van der Waals surface area contributed by atoms with Gasteiger partial charge in [0.15, 0.2) is 5.69 Å². The molecule has 2 amide bonds. The van der Waals surface area contributed by atoms with Crippen molar-refractivity contribution in [3.05, 3.63) is 39.9 Å². The summed E-state index contributed by atoms with van der Waals surface area (Å²) in [6.45, 7) is 0. The number of primary amides is 1. The number of H-pyrrole nitrogens is 1. The van der Waals surface area contributed by atoms with E-state index in [4.69, 9.17) is 5.73 Å². The number of nitrogens with one attached hydrogen (secondary N) is 2. The molecule has 8 heteroatoms. The van der Waals surface area contributed by atoms with Gasteiger partial charge in [-0.15, -0.1) is 0 Å². The largest absolute Gasteiger partial charge is 0.370 e. The summed E-state index contributed by atoms with van der Waals surface area (Å²) in [5, 5.41) is 8.95. The fourth-order valence-electron chi connectivity index (χ4n) is 3.60. The lowest BCUT2D eigenvalue weighted by molar-refractivity contribution is -0.118. The molecule has 3 rings (SSSR count). The highest BCUT2D eigenvalue weighted by molar-refractivity contribution is 5.95. The molecule has 0 bridgehead atoms. The molecule has 1 aromatic heterocycles. The summed E-state index contributed by atoms with van der Waals surface area (Å²) in [7, 11) is 0. The lowest BCUT2D eigenvalue weighted by Gasteiger charge is -2.30. The number of carbonyl (C=O) groups excluding carboxylic acids is 2. The maximum Gasteiger partial charge on any atom is 0.276 e.